The molecule has 0 heterocycles. The van der Waals surface area contributed by atoms with Gasteiger partial charge in [-0.25, -0.2) is 0 Å². The van der Waals surface area contributed by atoms with E-state index in [1.54, 1.807) is 3.58 Å². The molecule has 0 spiro atoms. The molecule has 2 rings (SSSR count). The van der Waals surface area contributed by atoms with Gasteiger partial charge in [-0.2, -0.15) is 0 Å². The van der Waals surface area contributed by atoms with Gasteiger partial charge in [0, 0.05) is 0 Å². The van der Waals surface area contributed by atoms with Crippen molar-refractivity contribution in [3.63, 3.8) is 0 Å². The summed E-state index contributed by atoms with van der Waals surface area (Å²) in [6.45, 7) is 21.1. The quantitative estimate of drug-likeness (QED) is 0.297. The molecule has 1 unspecified atom stereocenters. The summed E-state index contributed by atoms with van der Waals surface area (Å²) in [7, 11) is -2.56. The Bertz CT molecular complexity index is 822. The van der Waals surface area contributed by atoms with Crippen LogP contribution in [0.4, 0.5) is 0 Å². The molecule has 2 aromatic carbocycles. The van der Waals surface area contributed by atoms with Crippen molar-refractivity contribution >= 4 is 34.4 Å². The van der Waals surface area contributed by atoms with E-state index < -0.39 is 25.5 Å². The van der Waals surface area contributed by atoms with Gasteiger partial charge < -0.3 is 0 Å². The Morgan fingerprint density at radius 3 is 1.48 bits per heavy atom. The van der Waals surface area contributed by atoms with Crippen molar-refractivity contribution in [3.8, 4) is 0 Å². The predicted octanol–water partition coefficient (Wildman–Crippen LogP) is 7.43. The monoisotopic (exact) mass is 520 g/mol. The topological polar surface area (TPSA) is 17.1 Å². The number of hydrogen-bond acceptors (Lipinski definition) is 1. The first-order valence-corrected chi connectivity index (χ1v) is 19.1. The standard InChI is InChI=1S/C12H18OP.C6H5.2C4H9.Sn/c1-5-14(13,12(2,3)4)11-9-7-6-8-10-11;1-2-4-6-5-3-1;2*1-4(2)3;/h6-10H,1,5H2,2-4H3;1-5H;2*1-3H3;. The molecule has 1 atom stereocenters. The van der Waals surface area contributed by atoms with Gasteiger partial charge >= 0.3 is 185 Å². The van der Waals surface area contributed by atoms with Gasteiger partial charge in [-0.1, -0.05) is 0 Å². The van der Waals surface area contributed by atoms with Crippen LogP contribution >= 0.6 is 7.14 Å². The second kappa shape index (κ2) is 8.54. The van der Waals surface area contributed by atoms with Crippen LogP contribution in [0.25, 0.3) is 0 Å². The van der Waals surface area contributed by atoms with Gasteiger partial charge in [0.2, 0.25) is 0 Å². The Morgan fingerprint density at radius 2 is 1.10 bits per heavy atom. The SMILES string of the molecule is CC(C)(C)P(=O)(C[CH2][Sn]([c]1ccccc1)([C](C)(C)C)[C](C)(C)C)c1ccccc1. The molecule has 0 amide bonds. The van der Waals surface area contributed by atoms with E-state index in [0.29, 0.717) is 0 Å². The molecule has 1 nitrogen and oxygen atoms in total. The van der Waals surface area contributed by atoms with E-state index in [1.807, 2.05) is 18.2 Å². The molecule has 3 heteroatoms. The molecule has 2 aromatic rings. The van der Waals surface area contributed by atoms with Crippen molar-refractivity contribution in [2.24, 2.45) is 0 Å². The van der Waals surface area contributed by atoms with Crippen LogP contribution in [0.5, 0.6) is 0 Å². The molecule has 0 saturated carbocycles. The average Bonchev–Trinajstić information content (AvgIpc) is 2.60. The van der Waals surface area contributed by atoms with Gasteiger partial charge in [-0.15, -0.1) is 0 Å². The summed E-state index contributed by atoms with van der Waals surface area (Å²) in [5, 5.41) is 0.807. The summed E-state index contributed by atoms with van der Waals surface area (Å²) in [6, 6.07) is 21.5. The van der Waals surface area contributed by atoms with Crippen LogP contribution in [0, 0.1) is 0 Å². The van der Waals surface area contributed by atoms with E-state index in [4.69, 9.17) is 0 Å². The van der Waals surface area contributed by atoms with Gasteiger partial charge in [-0.05, 0) is 0 Å². The van der Waals surface area contributed by atoms with Crippen LogP contribution in [0.15, 0.2) is 60.7 Å². The van der Waals surface area contributed by atoms with Crippen LogP contribution in [-0.4, -0.2) is 29.7 Å². The van der Waals surface area contributed by atoms with E-state index >= 15 is 0 Å². The fourth-order valence-electron chi connectivity index (χ4n) is 5.45. The van der Waals surface area contributed by atoms with E-state index in [1.165, 1.54) is 0 Å². The summed E-state index contributed by atoms with van der Waals surface area (Å²) in [6.07, 6.45) is 0.806. The zero-order chi connectivity index (χ0) is 22.1. The second-order valence-corrected chi connectivity index (χ2v) is 32.1. The summed E-state index contributed by atoms with van der Waals surface area (Å²) >= 11 is -3.08. The van der Waals surface area contributed by atoms with Gasteiger partial charge in [0.1, 0.15) is 0 Å². The molecule has 0 fully saturated rings. The Morgan fingerprint density at radius 1 is 0.690 bits per heavy atom. The Balaban J connectivity index is 2.64. The van der Waals surface area contributed by atoms with Crippen molar-refractivity contribution in [2.75, 3.05) is 6.16 Å². The normalized spacial score (nSPS) is 15.8. The minimum absolute atomic E-state index is 0.230. The molecule has 0 aliphatic rings. The maximum absolute atomic E-state index is 14.6. The zero-order valence-corrected chi connectivity index (χ0v) is 23.8. The van der Waals surface area contributed by atoms with E-state index in [-0.39, 0.29) is 12.0 Å². The molecule has 0 radical (unpaired) electrons. The van der Waals surface area contributed by atoms with Crippen LogP contribution in [0.3, 0.4) is 0 Å². The molecular weight excluding hydrogens is 478 g/mol. The fraction of sp³-hybridized carbons (Fsp3) is 0.538. The van der Waals surface area contributed by atoms with Gasteiger partial charge in [0.15, 0.2) is 0 Å². The molecule has 0 aliphatic heterocycles. The third kappa shape index (κ3) is 4.72. The minimum atomic E-state index is -3.08. The van der Waals surface area contributed by atoms with Gasteiger partial charge in [0.05, 0.1) is 0 Å². The summed E-state index contributed by atoms with van der Waals surface area (Å²) in [5.74, 6) is 0. The third-order valence-electron chi connectivity index (χ3n) is 6.89. The first kappa shape index (κ1) is 24.7. The number of rotatable bonds is 5. The molecular formula is C26H41OPSn. The van der Waals surface area contributed by atoms with Crippen molar-refractivity contribution in [2.45, 2.75) is 78.8 Å². The molecule has 0 aromatic heterocycles. The van der Waals surface area contributed by atoms with E-state index in [2.05, 4.69) is 105 Å². The summed E-state index contributed by atoms with van der Waals surface area (Å²) in [4.78, 5) is 0. The fourth-order valence-corrected chi connectivity index (χ4v) is 32.7. The van der Waals surface area contributed by atoms with Gasteiger partial charge in [0.25, 0.3) is 0 Å². The maximum atomic E-state index is 14.6. The summed E-state index contributed by atoms with van der Waals surface area (Å²) in [5.41, 5.74) is 0. The average molecular weight is 519 g/mol. The Hall–Kier alpha value is -0.531. The van der Waals surface area contributed by atoms with Crippen molar-refractivity contribution in [3.05, 3.63) is 60.7 Å². The Kier molecular flexibility index (Phi) is 7.28. The number of benzene rings is 2. The van der Waals surface area contributed by atoms with Crippen LogP contribution in [0.1, 0.15) is 62.3 Å². The second-order valence-electron chi connectivity index (χ2n) is 11.5. The molecule has 0 aliphatic carbocycles. The van der Waals surface area contributed by atoms with Crippen molar-refractivity contribution in [1.82, 2.24) is 0 Å². The summed E-state index contributed by atoms with van der Waals surface area (Å²) < 4.78 is 17.7. The molecule has 160 valence electrons. The number of hydrogen-bond donors (Lipinski definition) is 0. The van der Waals surface area contributed by atoms with E-state index in [0.717, 1.165) is 15.9 Å². The molecule has 0 bridgehead atoms. The van der Waals surface area contributed by atoms with Crippen LogP contribution in [-0.2, 0) is 4.57 Å². The van der Waals surface area contributed by atoms with Crippen LogP contribution in [0.2, 0.25) is 11.3 Å². The van der Waals surface area contributed by atoms with E-state index in [9.17, 15) is 4.57 Å². The van der Waals surface area contributed by atoms with Crippen LogP contribution < -0.4 is 8.88 Å². The molecule has 0 saturated heterocycles. The Labute approximate surface area is 184 Å². The van der Waals surface area contributed by atoms with Crippen molar-refractivity contribution in [1.29, 1.82) is 0 Å². The first-order valence-electron chi connectivity index (χ1n) is 10.9. The first-order chi connectivity index (χ1) is 13.2. The van der Waals surface area contributed by atoms with Crippen molar-refractivity contribution < 1.29 is 4.57 Å². The molecule has 29 heavy (non-hydrogen) atoms. The van der Waals surface area contributed by atoms with Gasteiger partial charge in [-0.3, -0.25) is 0 Å². The molecule has 0 N–H and O–H groups in total. The predicted molar refractivity (Wildman–Crippen MR) is 134 cm³/mol. The third-order valence-corrected chi connectivity index (χ3v) is 33.5. The zero-order valence-electron chi connectivity index (χ0n) is 20.0.